The van der Waals surface area contributed by atoms with Gasteiger partial charge in [-0.15, -0.1) is 6.58 Å². The number of amides is 1. The molecule has 1 aromatic rings. The number of sulfone groups is 1. The highest BCUT2D eigenvalue weighted by atomic mass is 32.2. The lowest BCUT2D eigenvalue weighted by Crippen LogP contribution is -2.33. The summed E-state index contributed by atoms with van der Waals surface area (Å²) in [6, 6.07) is 5.59. The summed E-state index contributed by atoms with van der Waals surface area (Å²) in [7, 11) is -3.48. The fourth-order valence-corrected chi connectivity index (χ4v) is 2.76. The normalized spacial score (nSPS) is 12.8. The number of nitrogens with one attached hydrogen (secondary N) is 1. The molecule has 5 heteroatoms. The van der Waals surface area contributed by atoms with Gasteiger partial charge in [0.05, 0.1) is 5.75 Å². The van der Waals surface area contributed by atoms with Gasteiger partial charge in [-0.1, -0.05) is 12.1 Å². The first-order chi connectivity index (χ1) is 8.76. The Morgan fingerprint density at radius 1 is 1.32 bits per heavy atom. The number of hydrogen-bond acceptors (Lipinski definition) is 3. The molecule has 1 aromatic carbocycles. The fraction of sp³-hybridized carbons (Fsp3) is 0.357. The lowest BCUT2D eigenvalue weighted by molar-refractivity contribution is -0.115. The predicted octanol–water partition coefficient (Wildman–Crippen LogP) is 2.23. The molecule has 1 atom stereocenters. The minimum atomic E-state index is -3.48. The molecule has 0 aromatic heterocycles. The van der Waals surface area contributed by atoms with E-state index in [1.165, 1.54) is 13.0 Å². The van der Waals surface area contributed by atoms with Crippen LogP contribution in [0, 0.1) is 13.8 Å². The standard InChI is InChI=1S/C14H19NO3S/c1-5-6-19(17,18)12(4)14(16)15-13-8-10(2)7-11(3)9-13/h5,7-9,12H,1,6H2,2-4H3,(H,15,16). The molecule has 0 spiro atoms. The lowest BCUT2D eigenvalue weighted by Gasteiger charge is -2.13. The summed E-state index contributed by atoms with van der Waals surface area (Å²) >= 11 is 0. The van der Waals surface area contributed by atoms with Gasteiger partial charge >= 0.3 is 0 Å². The van der Waals surface area contributed by atoms with Gasteiger partial charge in [0.2, 0.25) is 5.91 Å². The first kappa shape index (κ1) is 15.4. The number of hydrogen-bond donors (Lipinski definition) is 1. The topological polar surface area (TPSA) is 63.2 Å². The maximum atomic E-state index is 11.9. The predicted molar refractivity (Wildman–Crippen MR) is 78.0 cm³/mol. The molecule has 0 heterocycles. The molecule has 0 saturated carbocycles. The van der Waals surface area contributed by atoms with E-state index in [2.05, 4.69) is 11.9 Å². The van der Waals surface area contributed by atoms with Crippen molar-refractivity contribution in [2.24, 2.45) is 0 Å². The van der Waals surface area contributed by atoms with Crippen LogP contribution in [0.5, 0.6) is 0 Å². The number of rotatable bonds is 5. The zero-order valence-electron chi connectivity index (χ0n) is 11.4. The maximum absolute atomic E-state index is 11.9. The molecule has 1 N–H and O–H groups in total. The molecule has 0 bridgehead atoms. The van der Waals surface area contributed by atoms with Crippen LogP contribution in [-0.4, -0.2) is 25.3 Å². The minimum Gasteiger partial charge on any atom is -0.325 e. The molecule has 0 aliphatic rings. The molecular weight excluding hydrogens is 262 g/mol. The molecule has 19 heavy (non-hydrogen) atoms. The van der Waals surface area contributed by atoms with Crippen LogP contribution in [0.4, 0.5) is 5.69 Å². The monoisotopic (exact) mass is 281 g/mol. The van der Waals surface area contributed by atoms with E-state index in [4.69, 9.17) is 0 Å². The van der Waals surface area contributed by atoms with Gasteiger partial charge in [0.15, 0.2) is 9.84 Å². The summed E-state index contributed by atoms with van der Waals surface area (Å²) in [6.45, 7) is 8.60. The van der Waals surface area contributed by atoms with Crippen LogP contribution >= 0.6 is 0 Å². The Bertz CT molecular complexity index is 570. The van der Waals surface area contributed by atoms with Crippen molar-refractivity contribution in [1.82, 2.24) is 0 Å². The van der Waals surface area contributed by atoms with Gasteiger partial charge in [0.1, 0.15) is 5.25 Å². The summed E-state index contributed by atoms with van der Waals surface area (Å²) < 4.78 is 23.5. The van der Waals surface area contributed by atoms with E-state index < -0.39 is 21.0 Å². The van der Waals surface area contributed by atoms with Crippen molar-refractivity contribution in [3.05, 3.63) is 42.0 Å². The second kappa shape index (κ2) is 6.02. The van der Waals surface area contributed by atoms with E-state index in [9.17, 15) is 13.2 Å². The van der Waals surface area contributed by atoms with Crippen LogP contribution in [0.1, 0.15) is 18.1 Å². The van der Waals surface area contributed by atoms with Gasteiger partial charge < -0.3 is 5.32 Å². The average Bonchev–Trinajstić information content (AvgIpc) is 2.26. The molecule has 1 unspecified atom stereocenters. The molecule has 0 aliphatic carbocycles. The van der Waals surface area contributed by atoms with Crippen LogP contribution in [0.15, 0.2) is 30.9 Å². The van der Waals surface area contributed by atoms with E-state index in [1.807, 2.05) is 19.9 Å². The van der Waals surface area contributed by atoms with Crippen LogP contribution < -0.4 is 5.32 Å². The van der Waals surface area contributed by atoms with E-state index in [1.54, 1.807) is 12.1 Å². The maximum Gasteiger partial charge on any atom is 0.242 e. The average molecular weight is 281 g/mol. The molecule has 0 radical (unpaired) electrons. The van der Waals surface area contributed by atoms with Gasteiger partial charge in [-0.2, -0.15) is 0 Å². The summed E-state index contributed by atoms with van der Waals surface area (Å²) in [5.41, 5.74) is 2.64. The zero-order chi connectivity index (χ0) is 14.6. The third-order valence-corrected chi connectivity index (χ3v) is 4.74. The van der Waals surface area contributed by atoms with Crippen molar-refractivity contribution in [3.8, 4) is 0 Å². The van der Waals surface area contributed by atoms with Crippen molar-refractivity contribution in [1.29, 1.82) is 0 Å². The Labute approximate surface area is 114 Å². The largest absolute Gasteiger partial charge is 0.325 e. The number of carbonyl (C=O) groups is 1. The van der Waals surface area contributed by atoms with Crippen molar-refractivity contribution >= 4 is 21.4 Å². The second-order valence-electron chi connectivity index (χ2n) is 4.63. The highest BCUT2D eigenvalue weighted by Gasteiger charge is 2.26. The summed E-state index contributed by atoms with van der Waals surface area (Å²) in [5.74, 6) is -0.721. The molecule has 104 valence electrons. The third-order valence-electron chi connectivity index (χ3n) is 2.75. The molecule has 4 nitrogen and oxygen atoms in total. The van der Waals surface area contributed by atoms with Crippen LogP contribution in [-0.2, 0) is 14.6 Å². The Morgan fingerprint density at radius 2 is 1.84 bits per heavy atom. The Balaban J connectivity index is 2.88. The molecular formula is C14H19NO3S. The first-order valence-electron chi connectivity index (χ1n) is 5.98. The summed E-state index contributed by atoms with van der Waals surface area (Å²) in [4.78, 5) is 11.9. The number of carbonyl (C=O) groups excluding carboxylic acids is 1. The Hall–Kier alpha value is -1.62. The van der Waals surface area contributed by atoms with Crippen molar-refractivity contribution < 1.29 is 13.2 Å². The van der Waals surface area contributed by atoms with Crippen LogP contribution in [0.2, 0.25) is 0 Å². The zero-order valence-corrected chi connectivity index (χ0v) is 12.3. The van der Waals surface area contributed by atoms with Crippen molar-refractivity contribution in [2.45, 2.75) is 26.0 Å². The van der Waals surface area contributed by atoms with Crippen molar-refractivity contribution in [3.63, 3.8) is 0 Å². The molecule has 0 aliphatic heterocycles. The highest BCUT2D eigenvalue weighted by molar-refractivity contribution is 7.92. The van der Waals surface area contributed by atoms with E-state index in [0.717, 1.165) is 11.1 Å². The molecule has 0 saturated heterocycles. The molecule has 1 rings (SSSR count). The number of benzene rings is 1. The van der Waals surface area contributed by atoms with E-state index in [0.29, 0.717) is 5.69 Å². The van der Waals surface area contributed by atoms with Gasteiger partial charge in [-0.05, 0) is 44.0 Å². The number of aryl methyl sites for hydroxylation is 2. The van der Waals surface area contributed by atoms with Gasteiger partial charge in [0, 0.05) is 5.69 Å². The van der Waals surface area contributed by atoms with Crippen LogP contribution in [0.25, 0.3) is 0 Å². The third kappa shape index (κ3) is 4.21. The SMILES string of the molecule is C=CCS(=O)(=O)C(C)C(=O)Nc1cc(C)cc(C)c1. The van der Waals surface area contributed by atoms with Gasteiger partial charge in [0.25, 0.3) is 0 Å². The van der Waals surface area contributed by atoms with Gasteiger partial charge in [-0.25, -0.2) is 8.42 Å². The van der Waals surface area contributed by atoms with Gasteiger partial charge in [-0.3, -0.25) is 4.79 Å². The molecule has 0 fully saturated rings. The highest BCUT2D eigenvalue weighted by Crippen LogP contribution is 2.15. The smallest absolute Gasteiger partial charge is 0.242 e. The fourth-order valence-electron chi connectivity index (χ4n) is 1.76. The van der Waals surface area contributed by atoms with E-state index >= 15 is 0 Å². The lowest BCUT2D eigenvalue weighted by atomic mass is 10.1. The van der Waals surface area contributed by atoms with E-state index in [-0.39, 0.29) is 5.75 Å². The van der Waals surface area contributed by atoms with Crippen LogP contribution in [0.3, 0.4) is 0 Å². The minimum absolute atomic E-state index is 0.200. The first-order valence-corrected chi connectivity index (χ1v) is 7.69. The Morgan fingerprint density at radius 3 is 2.32 bits per heavy atom. The Kier molecular flexibility index (Phi) is 4.89. The summed E-state index contributed by atoms with van der Waals surface area (Å²) in [6.07, 6.45) is 1.29. The summed E-state index contributed by atoms with van der Waals surface area (Å²) in [5, 5.41) is 1.54. The quantitative estimate of drug-likeness (QED) is 0.842. The number of anilines is 1. The van der Waals surface area contributed by atoms with Crippen molar-refractivity contribution in [2.75, 3.05) is 11.1 Å². The molecule has 1 amide bonds. The second-order valence-corrected chi connectivity index (χ2v) is 6.99.